The van der Waals surface area contributed by atoms with Gasteiger partial charge >= 0.3 is 0 Å². The van der Waals surface area contributed by atoms with Gasteiger partial charge < -0.3 is 4.74 Å². The Bertz CT molecular complexity index is 156. The molecule has 0 aromatic heterocycles. The van der Waals surface area contributed by atoms with Gasteiger partial charge in [0.25, 0.3) is 0 Å². The summed E-state index contributed by atoms with van der Waals surface area (Å²) in [6.45, 7) is 3.04. The Morgan fingerprint density at radius 1 is 1.45 bits per heavy atom. The minimum atomic E-state index is 0.868. The average molecular weight is 152 g/mol. The zero-order chi connectivity index (χ0) is 7.94. The molecule has 62 valence electrons. The van der Waals surface area contributed by atoms with E-state index in [1.807, 2.05) is 0 Å². The SMILES string of the molecule is CCCCOC1=CCCC=C1. The van der Waals surface area contributed by atoms with Crippen molar-refractivity contribution in [3.63, 3.8) is 0 Å². The highest BCUT2D eigenvalue weighted by Crippen LogP contribution is 2.10. The first-order valence-electron chi connectivity index (χ1n) is 4.43. The van der Waals surface area contributed by atoms with Crippen LogP contribution in [0.2, 0.25) is 0 Å². The normalized spacial score (nSPS) is 16.3. The van der Waals surface area contributed by atoms with Gasteiger partial charge in [0, 0.05) is 0 Å². The first-order chi connectivity index (χ1) is 5.43. The molecule has 0 atom stereocenters. The monoisotopic (exact) mass is 152 g/mol. The number of rotatable bonds is 4. The summed E-state index contributed by atoms with van der Waals surface area (Å²) in [6, 6.07) is 0. The van der Waals surface area contributed by atoms with Crippen molar-refractivity contribution in [1.82, 2.24) is 0 Å². The molecule has 11 heavy (non-hydrogen) atoms. The fourth-order valence-electron chi connectivity index (χ4n) is 1.03. The maximum Gasteiger partial charge on any atom is 0.114 e. The van der Waals surface area contributed by atoms with Crippen LogP contribution in [0.5, 0.6) is 0 Å². The van der Waals surface area contributed by atoms with Crippen molar-refractivity contribution in [1.29, 1.82) is 0 Å². The molecule has 0 radical (unpaired) electrons. The Morgan fingerprint density at radius 3 is 3.00 bits per heavy atom. The van der Waals surface area contributed by atoms with Crippen LogP contribution in [-0.4, -0.2) is 6.61 Å². The molecule has 1 nitrogen and oxygen atoms in total. The molecule has 0 N–H and O–H groups in total. The first kappa shape index (κ1) is 8.38. The highest BCUT2D eigenvalue weighted by atomic mass is 16.5. The van der Waals surface area contributed by atoms with Crippen LogP contribution in [0.15, 0.2) is 24.0 Å². The molecule has 0 aromatic rings. The maximum atomic E-state index is 5.50. The molecule has 1 aliphatic carbocycles. The van der Waals surface area contributed by atoms with E-state index >= 15 is 0 Å². The molecular formula is C10H16O. The maximum absolute atomic E-state index is 5.50. The molecule has 0 unspecified atom stereocenters. The minimum absolute atomic E-state index is 0.868. The summed E-state index contributed by atoms with van der Waals surface area (Å²) in [5, 5.41) is 0. The fraction of sp³-hybridized carbons (Fsp3) is 0.600. The highest BCUT2D eigenvalue weighted by molar-refractivity contribution is 5.15. The van der Waals surface area contributed by atoms with Crippen molar-refractivity contribution in [3.8, 4) is 0 Å². The van der Waals surface area contributed by atoms with Crippen molar-refractivity contribution >= 4 is 0 Å². The molecule has 1 aliphatic rings. The number of unbranched alkanes of at least 4 members (excludes halogenated alkanes) is 1. The Hall–Kier alpha value is -0.720. The van der Waals surface area contributed by atoms with Gasteiger partial charge in [0.1, 0.15) is 5.76 Å². The molecule has 0 spiro atoms. The van der Waals surface area contributed by atoms with Crippen LogP contribution >= 0.6 is 0 Å². The zero-order valence-electron chi connectivity index (χ0n) is 7.18. The second-order valence-electron chi connectivity index (χ2n) is 2.79. The van der Waals surface area contributed by atoms with E-state index in [9.17, 15) is 0 Å². The predicted octanol–water partition coefficient (Wildman–Crippen LogP) is 3.04. The standard InChI is InChI=1S/C10H16O/c1-2-3-9-11-10-7-5-4-6-8-10/h5,7-8H,2-4,6,9H2,1H3. The van der Waals surface area contributed by atoms with Gasteiger partial charge in [-0.1, -0.05) is 19.4 Å². The lowest BCUT2D eigenvalue weighted by Crippen LogP contribution is -1.94. The Balaban J connectivity index is 2.15. The molecule has 0 aliphatic heterocycles. The summed E-state index contributed by atoms with van der Waals surface area (Å²) in [7, 11) is 0. The molecule has 1 rings (SSSR count). The van der Waals surface area contributed by atoms with E-state index < -0.39 is 0 Å². The van der Waals surface area contributed by atoms with Gasteiger partial charge in [0.05, 0.1) is 6.61 Å². The van der Waals surface area contributed by atoms with Crippen molar-refractivity contribution in [2.24, 2.45) is 0 Å². The van der Waals surface area contributed by atoms with Gasteiger partial charge in [-0.15, -0.1) is 0 Å². The topological polar surface area (TPSA) is 9.23 Å². The van der Waals surface area contributed by atoms with Crippen LogP contribution in [0.4, 0.5) is 0 Å². The largest absolute Gasteiger partial charge is 0.494 e. The van der Waals surface area contributed by atoms with Gasteiger partial charge in [-0.2, -0.15) is 0 Å². The molecular weight excluding hydrogens is 136 g/mol. The number of allylic oxidation sites excluding steroid dienone is 3. The minimum Gasteiger partial charge on any atom is -0.494 e. The van der Waals surface area contributed by atoms with Crippen LogP contribution in [-0.2, 0) is 4.74 Å². The highest BCUT2D eigenvalue weighted by Gasteiger charge is 1.96. The van der Waals surface area contributed by atoms with Gasteiger partial charge in [-0.25, -0.2) is 0 Å². The lowest BCUT2D eigenvalue weighted by molar-refractivity contribution is 0.217. The molecule has 0 bridgehead atoms. The Kier molecular flexibility index (Phi) is 3.81. The second kappa shape index (κ2) is 5.00. The van der Waals surface area contributed by atoms with Crippen molar-refractivity contribution in [2.75, 3.05) is 6.61 Å². The van der Waals surface area contributed by atoms with Gasteiger partial charge in [0.15, 0.2) is 0 Å². The molecule has 0 aromatic carbocycles. The second-order valence-corrected chi connectivity index (χ2v) is 2.79. The number of hydrogen-bond donors (Lipinski definition) is 0. The van der Waals surface area contributed by atoms with Crippen molar-refractivity contribution in [3.05, 3.63) is 24.0 Å². The molecule has 0 saturated heterocycles. The van der Waals surface area contributed by atoms with E-state index in [0.29, 0.717) is 0 Å². The lowest BCUT2D eigenvalue weighted by atomic mass is 10.2. The van der Waals surface area contributed by atoms with Crippen molar-refractivity contribution in [2.45, 2.75) is 32.6 Å². The van der Waals surface area contributed by atoms with E-state index in [4.69, 9.17) is 4.74 Å². The number of hydrogen-bond acceptors (Lipinski definition) is 1. The van der Waals surface area contributed by atoms with E-state index in [1.165, 1.54) is 12.8 Å². The first-order valence-corrected chi connectivity index (χ1v) is 4.43. The third-order valence-electron chi connectivity index (χ3n) is 1.73. The fourth-order valence-corrected chi connectivity index (χ4v) is 1.03. The zero-order valence-corrected chi connectivity index (χ0v) is 7.18. The van der Waals surface area contributed by atoms with Crippen LogP contribution < -0.4 is 0 Å². The van der Waals surface area contributed by atoms with Crippen LogP contribution in [0.3, 0.4) is 0 Å². The summed E-state index contributed by atoms with van der Waals surface area (Å²) >= 11 is 0. The summed E-state index contributed by atoms with van der Waals surface area (Å²) in [5.41, 5.74) is 0. The molecule has 0 fully saturated rings. The van der Waals surface area contributed by atoms with Crippen LogP contribution in [0.1, 0.15) is 32.6 Å². The molecule has 0 amide bonds. The summed E-state index contributed by atoms with van der Waals surface area (Å²) in [5.74, 6) is 1.06. The predicted molar refractivity (Wildman–Crippen MR) is 47.3 cm³/mol. The Morgan fingerprint density at radius 2 is 2.36 bits per heavy atom. The van der Waals surface area contributed by atoms with Gasteiger partial charge in [-0.3, -0.25) is 0 Å². The van der Waals surface area contributed by atoms with E-state index in [2.05, 4.69) is 25.2 Å². The van der Waals surface area contributed by atoms with E-state index in [1.54, 1.807) is 0 Å². The smallest absolute Gasteiger partial charge is 0.114 e. The van der Waals surface area contributed by atoms with Gasteiger partial charge in [-0.05, 0) is 31.4 Å². The molecule has 0 saturated carbocycles. The summed E-state index contributed by atoms with van der Waals surface area (Å²) in [6.07, 6.45) is 11.1. The van der Waals surface area contributed by atoms with E-state index in [0.717, 1.165) is 25.2 Å². The summed E-state index contributed by atoms with van der Waals surface area (Å²) in [4.78, 5) is 0. The van der Waals surface area contributed by atoms with Crippen LogP contribution in [0, 0.1) is 0 Å². The average Bonchev–Trinajstić information content (AvgIpc) is 2.07. The van der Waals surface area contributed by atoms with Crippen LogP contribution in [0.25, 0.3) is 0 Å². The van der Waals surface area contributed by atoms with Crippen molar-refractivity contribution < 1.29 is 4.74 Å². The quantitative estimate of drug-likeness (QED) is 0.562. The number of ether oxygens (including phenoxy) is 1. The molecule has 0 heterocycles. The Labute approximate surface area is 68.8 Å². The third kappa shape index (κ3) is 3.26. The van der Waals surface area contributed by atoms with Gasteiger partial charge in [0.2, 0.25) is 0 Å². The third-order valence-corrected chi connectivity index (χ3v) is 1.73. The molecule has 1 heteroatoms. The lowest BCUT2D eigenvalue weighted by Gasteiger charge is -2.08. The summed E-state index contributed by atoms with van der Waals surface area (Å²) < 4.78 is 5.50. The van der Waals surface area contributed by atoms with E-state index in [-0.39, 0.29) is 0 Å².